The molecule has 0 aliphatic carbocycles. The van der Waals surface area contributed by atoms with Crippen molar-refractivity contribution in [2.45, 2.75) is 25.9 Å². The standard InChI is InChI=1S/C22H23N3O3/c1-15(22(27)25-19-12-10-18(11-13-19)24-16(2)26)23-21(20-9-6-14-28-20)17-7-4-3-5-8-17/h3-15,21,23H,1-2H3,(H,24,26)(H,25,27)/p+1/t15-,21+/m1/s1. The Morgan fingerprint density at radius 2 is 1.54 bits per heavy atom. The molecule has 6 heteroatoms. The summed E-state index contributed by atoms with van der Waals surface area (Å²) in [4.78, 5) is 23.8. The lowest BCUT2D eigenvalue weighted by molar-refractivity contribution is -0.706. The predicted octanol–water partition coefficient (Wildman–Crippen LogP) is 2.92. The fourth-order valence-corrected chi connectivity index (χ4v) is 2.97. The minimum absolute atomic E-state index is 0.111. The zero-order chi connectivity index (χ0) is 19.9. The molecule has 0 spiro atoms. The molecule has 0 saturated carbocycles. The molecule has 4 N–H and O–H groups in total. The highest BCUT2D eigenvalue weighted by Crippen LogP contribution is 2.19. The smallest absolute Gasteiger partial charge is 0.282 e. The lowest BCUT2D eigenvalue weighted by atomic mass is 10.0. The van der Waals surface area contributed by atoms with Crippen molar-refractivity contribution >= 4 is 23.2 Å². The second-order valence-electron chi connectivity index (χ2n) is 6.63. The van der Waals surface area contributed by atoms with Gasteiger partial charge in [0.05, 0.1) is 6.26 Å². The van der Waals surface area contributed by atoms with Gasteiger partial charge in [-0.2, -0.15) is 0 Å². The minimum atomic E-state index is -0.342. The monoisotopic (exact) mass is 378 g/mol. The SMILES string of the molecule is CC(=O)Nc1ccc(NC(=O)[C@@H](C)[NH2+][C@@H](c2ccccc2)c2ccco2)cc1. The highest BCUT2D eigenvalue weighted by molar-refractivity contribution is 5.94. The number of hydrogen-bond acceptors (Lipinski definition) is 3. The lowest BCUT2D eigenvalue weighted by Crippen LogP contribution is -2.92. The molecule has 28 heavy (non-hydrogen) atoms. The third-order valence-corrected chi connectivity index (χ3v) is 4.38. The van der Waals surface area contributed by atoms with Crippen molar-refractivity contribution in [3.63, 3.8) is 0 Å². The van der Waals surface area contributed by atoms with E-state index in [0.29, 0.717) is 11.4 Å². The summed E-state index contributed by atoms with van der Waals surface area (Å²) in [5.41, 5.74) is 2.43. The maximum atomic E-state index is 12.7. The van der Waals surface area contributed by atoms with Gasteiger partial charge in [-0.25, -0.2) is 0 Å². The molecule has 1 aromatic heterocycles. The number of anilines is 2. The third-order valence-electron chi connectivity index (χ3n) is 4.38. The first-order valence-corrected chi connectivity index (χ1v) is 9.15. The van der Waals surface area contributed by atoms with E-state index in [1.165, 1.54) is 6.92 Å². The molecule has 6 nitrogen and oxygen atoms in total. The molecule has 2 amide bonds. The van der Waals surface area contributed by atoms with E-state index < -0.39 is 0 Å². The summed E-state index contributed by atoms with van der Waals surface area (Å²) in [7, 11) is 0. The molecule has 0 saturated heterocycles. The van der Waals surface area contributed by atoms with E-state index in [1.807, 2.05) is 54.7 Å². The molecule has 3 aromatic rings. The summed E-state index contributed by atoms with van der Waals surface area (Å²) in [5.74, 6) is 0.551. The van der Waals surface area contributed by atoms with Crippen LogP contribution in [0.15, 0.2) is 77.4 Å². The van der Waals surface area contributed by atoms with Gasteiger partial charge in [-0.05, 0) is 43.3 Å². The highest BCUT2D eigenvalue weighted by atomic mass is 16.3. The van der Waals surface area contributed by atoms with Gasteiger partial charge >= 0.3 is 0 Å². The normalized spacial score (nSPS) is 12.8. The van der Waals surface area contributed by atoms with E-state index in [-0.39, 0.29) is 23.9 Å². The molecule has 0 aliphatic heterocycles. The molecule has 3 rings (SSSR count). The second-order valence-corrected chi connectivity index (χ2v) is 6.63. The molecule has 0 aliphatic rings. The molecule has 1 heterocycles. The molecule has 2 aromatic carbocycles. The van der Waals surface area contributed by atoms with Gasteiger partial charge in [-0.3, -0.25) is 9.59 Å². The average Bonchev–Trinajstić information content (AvgIpc) is 3.22. The van der Waals surface area contributed by atoms with Gasteiger partial charge in [0.1, 0.15) is 0 Å². The fraction of sp³-hybridized carbons (Fsp3) is 0.182. The first-order valence-electron chi connectivity index (χ1n) is 9.15. The van der Waals surface area contributed by atoms with Crippen LogP contribution in [-0.2, 0) is 9.59 Å². The van der Waals surface area contributed by atoms with Gasteiger partial charge < -0.3 is 20.4 Å². The Hall–Kier alpha value is -3.38. The molecule has 0 radical (unpaired) electrons. The Labute approximate surface area is 164 Å². The van der Waals surface area contributed by atoms with Gasteiger partial charge in [0.2, 0.25) is 5.91 Å². The average molecular weight is 378 g/mol. The summed E-state index contributed by atoms with van der Waals surface area (Å²) in [5, 5.41) is 7.59. The van der Waals surface area contributed by atoms with Crippen LogP contribution in [0.25, 0.3) is 0 Å². The number of rotatable bonds is 7. The number of benzene rings is 2. The number of hydrogen-bond donors (Lipinski definition) is 3. The Bertz CT molecular complexity index is 906. The van der Waals surface area contributed by atoms with Gasteiger partial charge in [0.25, 0.3) is 5.91 Å². The van der Waals surface area contributed by atoms with Crippen molar-refractivity contribution in [3.8, 4) is 0 Å². The van der Waals surface area contributed by atoms with Gasteiger partial charge in [0, 0.05) is 23.9 Å². The molecular formula is C22H24N3O3+. The van der Waals surface area contributed by atoms with Crippen LogP contribution in [0.2, 0.25) is 0 Å². The van der Waals surface area contributed by atoms with E-state index in [4.69, 9.17) is 4.42 Å². The molecule has 0 bridgehead atoms. The number of nitrogens with two attached hydrogens (primary N) is 1. The molecule has 2 atom stereocenters. The van der Waals surface area contributed by atoms with Gasteiger partial charge in [-0.15, -0.1) is 0 Å². The summed E-state index contributed by atoms with van der Waals surface area (Å²) in [6.45, 7) is 3.31. The maximum absolute atomic E-state index is 12.7. The topological polar surface area (TPSA) is 88.0 Å². The summed E-state index contributed by atoms with van der Waals surface area (Å²) in [6, 6.07) is 20.3. The predicted molar refractivity (Wildman–Crippen MR) is 108 cm³/mol. The number of quaternary nitrogens is 1. The zero-order valence-corrected chi connectivity index (χ0v) is 15.9. The van der Waals surface area contributed by atoms with Crippen molar-refractivity contribution in [1.29, 1.82) is 0 Å². The quantitative estimate of drug-likeness (QED) is 0.591. The Kier molecular flexibility index (Phi) is 6.24. The van der Waals surface area contributed by atoms with Crippen molar-refractivity contribution < 1.29 is 19.3 Å². The fourth-order valence-electron chi connectivity index (χ4n) is 2.97. The second kappa shape index (κ2) is 9.01. The number of nitrogens with one attached hydrogen (secondary N) is 2. The summed E-state index contributed by atoms with van der Waals surface area (Å²) >= 11 is 0. The first kappa shape index (κ1) is 19.4. The highest BCUT2D eigenvalue weighted by Gasteiger charge is 2.26. The maximum Gasteiger partial charge on any atom is 0.282 e. The summed E-state index contributed by atoms with van der Waals surface area (Å²) < 4.78 is 5.60. The van der Waals surface area contributed by atoms with Gasteiger partial charge in [0.15, 0.2) is 17.8 Å². The van der Waals surface area contributed by atoms with Gasteiger partial charge in [-0.1, -0.05) is 30.3 Å². The van der Waals surface area contributed by atoms with Crippen LogP contribution in [0.4, 0.5) is 11.4 Å². The number of carbonyl (C=O) groups is 2. The Balaban J connectivity index is 1.67. The van der Waals surface area contributed by atoms with Crippen LogP contribution in [0.3, 0.4) is 0 Å². The Morgan fingerprint density at radius 1 is 0.893 bits per heavy atom. The molecular weight excluding hydrogens is 354 g/mol. The number of furan rings is 1. The van der Waals surface area contributed by atoms with Crippen molar-refractivity contribution in [2.75, 3.05) is 10.6 Å². The zero-order valence-electron chi connectivity index (χ0n) is 15.9. The van der Waals surface area contributed by atoms with Crippen LogP contribution >= 0.6 is 0 Å². The van der Waals surface area contributed by atoms with Crippen LogP contribution in [-0.4, -0.2) is 17.9 Å². The van der Waals surface area contributed by atoms with E-state index in [9.17, 15) is 9.59 Å². The van der Waals surface area contributed by atoms with Crippen molar-refractivity contribution in [3.05, 3.63) is 84.3 Å². The van der Waals surface area contributed by atoms with Crippen LogP contribution in [0.5, 0.6) is 0 Å². The number of amides is 2. The van der Waals surface area contributed by atoms with Crippen LogP contribution < -0.4 is 16.0 Å². The number of carbonyl (C=O) groups excluding carboxylic acids is 2. The Morgan fingerprint density at radius 3 is 2.11 bits per heavy atom. The molecule has 0 unspecified atom stereocenters. The van der Waals surface area contributed by atoms with Crippen molar-refractivity contribution in [2.24, 2.45) is 0 Å². The van der Waals surface area contributed by atoms with E-state index in [1.54, 1.807) is 30.5 Å². The first-order chi connectivity index (χ1) is 13.5. The van der Waals surface area contributed by atoms with Crippen molar-refractivity contribution in [1.82, 2.24) is 0 Å². The van der Waals surface area contributed by atoms with Crippen LogP contribution in [0, 0.1) is 0 Å². The molecule has 0 fully saturated rings. The summed E-state index contributed by atoms with van der Waals surface area (Å²) in [6.07, 6.45) is 1.64. The lowest BCUT2D eigenvalue weighted by Gasteiger charge is -2.19. The third kappa shape index (κ3) is 5.08. The van der Waals surface area contributed by atoms with Crippen LogP contribution in [0.1, 0.15) is 31.2 Å². The van der Waals surface area contributed by atoms with E-state index in [0.717, 1.165) is 11.3 Å². The minimum Gasteiger partial charge on any atom is -0.463 e. The largest absolute Gasteiger partial charge is 0.463 e. The van der Waals surface area contributed by atoms with E-state index >= 15 is 0 Å². The van der Waals surface area contributed by atoms with E-state index in [2.05, 4.69) is 10.6 Å². The molecule has 144 valence electrons.